The van der Waals surface area contributed by atoms with Gasteiger partial charge in [-0.1, -0.05) is 11.6 Å². The van der Waals surface area contributed by atoms with Crippen LogP contribution in [0.2, 0.25) is 5.02 Å². The molecule has 1 amide bonds. The molecule has 1 aromatic heterocycles. The van der Waals surface area contributed by atoms with Crippen molar-refractivity contribution in [3.63, 3.8) is 0 Å². The molecule has 1 rings (SSSR count). The molecule has 0 radical (unpaired) electrons. The maximum Gasteiger partial charge on any atom is 0.256 e. The molecule has 1 aromatic rings. The van der Waals surface area contributed by atoms with Crippen molar-refractivity contribution >= 4 is 17.5 Å². The van der Waals surface area contributed by atoms with Gasteiger partial charge in [0.15, 0.2) is 0 Å². The lowest BCUT2D eigenvalue weighted by Crippen LogP contribution is -2.33. The van der Waals surface area contributed by atoms with Gasteiger partial charge in [-0.15, -0.1) is 0 Å². The summed E-state index contributed by atoms with van der Waals surface area (Å²) in [7, 11) is 1.61. The Labute approximate surface area is 93.5 Å². The molecule has 5 heteroatoms. The minimum atomic E-state index is -0.561. The summed E-state index contributed by atoms with van der Waals surface area (Å²) in [6.07, 6.45) is 2.38. The highest BCUT2D eigenvalue weighted by Gasteiger charge is 2.16. The molecule has 15 heavy (non-hydrogen) atoms. The van der Waals surface area contributed by atoms with Gasteiger partial charge in [-0.05, 0) is 13.0 Å². The molecule has 0 aliphatic heterocycles. The van der Waals surface area contributed by atoms with E-state index in [9.17, 15) is 4.79 Å². The van der Waals surface area contributed by atoms with E-state index in [2.05, 4.69) is 4.98 Å². The second kappa shape index (κ2) is 5.09. The van der Waals surface area contributed by atoms with Crippen LogP contribution >= 0.6 is 11.6 Å². The summed E-state index contributed by atoms with van der Waals surface area (Å²) in [4.78, 5) is 17.0. The van der Waals surface area contributed by atoms with Crippen molar-refractivity contribution in [1.82, 2.24) is 9.88 Å². The number of hydrogen-bond acceptors (Lipinski definition) is 3. The molecule has 0 fully saturated rings. The van der Waals surface area contributed by atoms with Gasteiger partial charge < -0.3 is 10.0 Å². The second-order valence-electron chi connectivity index (χ2n) is 3.39. The Balaban J connectivity index is 2.81. The van der Waals surface area contributed by atoms with Gasteiger partial charge in [0.2, 0.25) is 0 Å². The molecule has 0 spiro atoms. The third-order valence-corrected chi connectivity index (χ3v) is 2.21. The van der Waals surface area contributed by atoms with E-state index in [0.29, 0.717) is 10.6 Å². The first kappa shape index (κ1) is 11.9. The van der Waals surface area contributed by atoms with E-state index in [1.165, 1.54) is 17.3 Å². The fraction of sp³-hybridized carbons (Fsp3) is 0.400. The van der Waals surface area contributed by atoms with Gasteiger partial charge in [0.1, 0.15) is 0 Å². The maximum atomic E-state index is 11.8. The molecule has 0 bridgehead atoms. The van der Waals surface area contributed by atoms with Crippen molar-refractivity contribution in [2.75, 3.05) is 13.6 Å². The Bertz CT molecular complexity index is 355. The minimum absolute atomic E-state index is 0.242. The van der Waals surface area contributed by atoms with E-state index < -0.39 is 6.10 Å². The van der Waals surface area contributed by atoms with Crippen LogP contribution in [0, 0.1) is 0 Å². The van der Waals surface area contributed by atoms with Crippen LogP contribution < -0.4 is 0 Å². The van der Waals surface area contributed by atoms with Gasteiger partial charge in [-0.25, -0.2) is 0 Å². The Morgan fingerprint density at radius 2 is 2.40 bits per heavy atom. The van der Waals surface area contributed by atoms with Crippen molar-refractivity contribution in [3.05, 3.63) is 29.0 Å². The van der Waals surface area contributed by atoms with Crippen molar-refractivity contribution in [2.45, 2.75) is 13.0 Å². The highest BCUT2D eigenvalue weighted by molar-refractivity contribution is 6.33. The smallest absolute Gasteiger partial charge is 0.256 e. The number of hydrogen-bond donors (Lipinski definition) is 1. The Kier molecular flexibility index (Phi) is 4.05. The first-order chi connectivity index (χ1) is 7.02. The Hall–Kier alpha value is -1.13. The van der Waals surface area contributed by atoms with Gasteiger partial charge in [0.25, 0.3) is 5.91 Å². The predicted octanol–water partition coefficient (Wildman–Crippen LogP) is 1.19. The fourth-order valence-electron chi connectivity index (χ4n) is 1.22. The lowest BCUT2D eigenvalue weighted by molar-refractivity contribution is 0.0703. The number of aliphatic hydroxyl groups excluding tert-OH is 1. The molecule has 0 aliphatic rings. The van der Waals surface area contributed by atoms with E-state index >= 15 is 0 Å². The normalized spacial score (nSPS) is 12.3. The molecule has 0 aromatic carbocycles. The van der Waals surface area contributed by atoms with Crippen molar-refractivity contribution in [2.24, 2.45) is 0 Å². The quantitative estimate of drug-likeness (QED) is 0.846. The summed E-state index contributed by atoms with van der Waals surface area (Å²) < 4.78 is 0. The van der Waals surface area contributed by atoms with Gasteiger partial charge in [0, 0.05) is 26.0 Å². The van der Waals surface area contributed by atoms with Crippen LogP contribution in [0.25, 0.3) is 0 Å². The fourth-order valence-corrected chi connectivity index (χ4v) is 1.41. The lowest BCUT2D eigenvalue weighted by atomic mass is 10.2. The number of aliphatic hydroxyl groups is 1. The topological polar surface area (TPSA) is 53.4 Å². The van der Waals surface area contributed by atoms with Crippen LogP contribution in [0.15, 0.2) is 18.5 Å². The summed E-state index contributed by atoms with van der Waals surface area (Å²) in [6.45, 7) is 1.89. The number of carbonyl (C=O) groups is 1. The molecule has 1 N–H and O–H groups in total. The Morgan fingerprint density at radius 1 is 1.73 bits per heavy atom. The highest BCUT2D eigenvalue weighted by Crippen LogP contribution is 2.15. The first-order valence-corrected chi connectivity index (χ1v) is 4.93. The van der Waals surface area contributed by atoms with E-state index in [1.807, 2.05) is 0 Å². The van der Waals surface area contributed by atoms with Crippen molar-refractivity contribution in [3.8, 4) is 0 Å². The zero-order valence-electron chi connectivity index (χ0n) is 8.64. The van der Waals surface area contributed by atoms with E-state index in [4.69, 9.17) is 16.7 Å². The molecule has 4 nitrogen and oxygen atoms in total. The first-order valence-electron chi connectivity index (χ1n) is 4.55. The van der Waals surface area contributed by atoms with E-state index in [0.717, 1.165) is 0 Å². The summed E-state index contributed by atoms with van der Waals surface area (Å²) in [5, 5.41) is 9.51. The lowest BCUT2D eigenvalue weighted by Gasteiger charge is -2.18. The van der Waals surface area contributed by atoms with Crippen LogP contribution in [-0.2, 0) is 0 Å². The molecular formula is C10H13ClN2O2. The number of carbonyl (C=O) groups excluding carboxylic acids is 1. The number of pyridine rings is 1. The number of amides is 1. The van der Waals surface area contributed by atoms with E-state index in [-0.39, 0.29) is 12.5 Å². The largest absolute Gasteiger partial charge is 0.392 e. The monoisotopic (exact) mass is 228 g/mol. The number of aromatic nitrogens is 1. The maximum absolute atomic E-state index is 11.8. The second-order valence-corrected chi connectivity index (χ2v) is 3.80. The average Bonchev–Trinajstić information content (AvgIpc) is 2.16. The number of rotatable bonds is 3. The predicted molar refractivity (Wildman–Crippen MR) is 57.9 cm³/mol. The molecule has 1 unspecified atom stereocenters. The summed E-state index contributed by atoms with van der Waals surface area (Å²) >= 11 is 5.85. The average molecular weight is 229 g/mol. The highest BCUT2D eigenvalue weighted by atomic mass is 35.5. The molecule has 1 heterocycles. The summed E-state index contributed by atoms with van der Waals surface area (Å²) in [5.74, 6) is -0.242. The van der Waals surface area contributed by atoms with Crippen molar-refractivity contribution in [1.29, 1.82) is 0 Å². The standard InChI is InChI=1S/C10H13ClN2O2/c1-7(14)6-13(2)10(15)8-5-12-4-3-9(8)11/h3-5,7,14H,6H2,1-2H3. The molecular weight excluding hydrogens is 216 g/mol. The molecule has 1 atom stereocenters. The third-order valence-electron chi connectivity index (χ3n) is 1.88. The van der Waals surface area contributed by atoms with Crippen LogP contribution in [0.4, 0.5) is 0 Å². The van der Waals surface area contributed by atoms with Gasteiger partial charge in [0.05, 0.1) is 16.7 Å². The van der Waals surface area contributed by atoms with E-state index in [1.54, 1.807) is 20.0 Å². The number of halogens is 1. The van der Waals surface area contributed by atoms with Gasteiger partial charge >= 0.3 is 0 Å². The number of nitrogens with zero attached hydrogens (tertiary/aromatic N) is 2. The minimum Gasteiger partial charge on any atom is -0.392 e. The SMILES string of the molecule is CC(O)CN(C)C(=O)c1cnccc1Cl. The van der Waals surface area contributed by atoms with Crippen LogP contribution in [0.5, 0.6) is 0 Å². The molecule has 0 aliphatic carbocycles. The molecule has 0 saturated heterocycles. The Morgan fingerprint density at radius 3 is 2.93 bits per heavy atom. The number of likely N-dealkylation sites (N-methyl/N-ethyl adjacent to an activating group) is 1. The summed E-state index contributed by atoms with van der Waals surface area (Å²) in [5.41, 5.74) is 0.349. The zero-order valence-corrected chi connectivity index (χ0v) is 9.40. The van der Waals surface area contributed by atoms with Gasteiger partial charge in [-0.2, -0.15) is 0 Å². The van der Waals surface area contributed by atoms with Crippen molar-refractivity contribution < 1.29 is 9.90 Å². The van der Waals surface area contributed by atoms with Gasteiger partial charge in [-0.3, -0.25) is 9.78 Å². The molecule has 82 valence electrons. The van der Waals surface area contributed by atoms with Crippen LogP contribution in [-0.4, -0.2) is 40.6 Å². The third kappa shape index (κ3) is 3.18. The van der Waals surface area contributed by atoms with Crippen LogP contribution in [0.1, 0.15) is 17.3 Å². The van der Waals surface area contributed by atoms with Crippen LogP contribution in [0.3, 0.4) is 0 Å². The molecule has 0 saturated carbocycles. The zero-order chi connectivity index (χ0) is 11.4. The summed E-state index contributed by atoms with van der Waals surface area (Å²) in [6, 6.07) is 1.56.